The molecule has 9 nitrogen and oxygen atoms in total. The van der Waals surface area contributed by atoms with Crippen LogP contribution in [0.1, 0.15) is 39.8 Å². The Labute approximate surface area is 235 Å². The van der Waals surface area contributed by atoms with Gasteiger partial charge in [0.1, 0.15) is 17.7 Å². The molecule has 1 unspecified atom stereocenters. The van der Waals surface area contributed by atoms with Crippen LogP contribution < -0.4 is 4.90 Å². The highest BCUT2D eigenvalue weighted by molar-refractivity contribution is 6.31. The van der Waals surface area contributed by atoms with Crippen LogP contribution in [0.2, 0.25) is 5.02 Å². The lowest BCUT2D eigenvalue weighted by molar-refractivity contribution is -0.159. The van der Waals surface area contributed by atoms with E-state index >= 15 is 0 Å². The lowest BCUT2D eigenvalue weighted by Crippen LogP contribution is -2.52. The highest BCUT2D eigenvalue weighted by atomic mass is 35.5. The number of methoxy groups -OCH3 is 1. The van der Waals surface area contributed by atoms with Crippen molar-refractivity contribution in [1.82, 2.24) is 9.88 Å². The zero-order chi connectivity index (χ0) is 28.1. The van der Waals surface area contributed by atoms with E-state index in [1.807, 2.05) is 50.8 Å². The number of likely N-dealkylation sites (tertiary alicyclic amines) is 1. The highest BCUT2D eigenvalue weighted by Crippen LogP contribution is 2.47. The van der Waals surface area contributed by atoms with E-state index in [9.17, 15) is 9.90 Å². The molecule has 0 aromatic carbocycles. The van der Waals surface area contributed by atoms with E-state index in [1.54, 1.807) is 7.11 Å². The molecular formula is C29H40ClN3O6. The molecule has 1 N–H and O–H groups in total. The zero-order valence-corrected chi connectivity index (χ0v) is 24.4. The van der Waals surface area contributed by atoms with Gasteiger partial charge in [0.15, 0.2) is 17.7 Å². The fraction of sp³-hybridized carbons (Fsp3) is 0.655. The molecule has 0 spiro atoms. The molecule has 3 aliphatic heterocycles. The summed E-state index contributed by atoms with van der Waals surface area (Å²) < 4.78 is 23.6. The van der Waals surface area contributed by atoms with Crippen molar-refractivity contribution in [2.24, 2.45) is 17.3 Å². The molecule has 0 radical (unpaired) electrons. The lowest BCUT2D eigenvalue weighted by atomic mass is 9.68. The maximum Gasteiger partial charge on any atom is 0.254 e. The second-order valence-corrected chi connectivity index (χ2v) is 12.3. The molecule has 3 fully saturated rings. The minimum absolute atomic E-state index is 0.0164. The first-order valence-corrected chi connectivity index (χ1v) is 14.1. The van der Waals surface area contributed by atoms with Crippen LogP contribution in [0.25, 0.3) is 0 Å². The molecule has 1 aromatic heterocycles. The first-order valence-electron chi connectivity index (χ1n) is 13.7. The fourth-order valence-electron chi connectivity index (χ4n) is 6.14. The van der Waals surface area contributed by atoms with Crippen molar-refractivity contribution in [3.63, 3.8) is 0 Å². The largest absolute Gasteiger partial charge is 0.493 e. The Kier molecular flexibility index (Phi) is 7.65. The van der Waals surface area contributed by atoms with E-state index in [0.29, 0.717) is 30.3 Å². The average molecular weight is 562 g/mol. The predicted octanol–water partition coefficient (Wildman–Crippen LogP) is 3.68. The number of pyridine rings is 1. The Balaban J connectivity index is 1.26. The summed E-state index contributed by atoms with van der Waals surface area (Å²) in [6, 6.07) is 3.80. The maximum atomic E-state index is 13.4. The van der Waals surface area contributed by atoms with Gasteiger partial charge in [0, 0.05) is 24.9 Å². The van der Waals surface area contributed by atoms with Crippen LogP contribution in [0.3, 0.4) is 0 Å². The summed E-state index contributed by atoms with van der Waals surface area (Å²) in [5.41, 5.74) is 0.324. The second kappa shape index (κ2) is 10.6. The van der Waals surface area contributed by atoms with Gasteiger partial charge in [-0.1, -0.05) is 24.6 Å². The standard InChI is InChI=1S/C29H40ClN3O6/c1-17-22(30)8-10-26(31-17)32-12-20(13-32)38-24-11-19(7-9-23(24)36-6)21-14-33(16-29(21,5)18(2)34)27(35)25-15-37-28(3,4)39-25/h7-10,18-21,25,34H,11-16H2,1-6H3/t18-,19?,21+,25+,29+/m1/s1. The summed E-state index contributed by atoms with van der Waals surface area (Å²) in [7, 11) is 1.65. The van der Waals surface area contributed by atoms with Crippen LogP contribution in [0.15, 0.2) is 35.8 Å². The molecule has 1 aromatic rings. The summed E-state index contributed by atoms with van der Waals surface area (Å²) in [5.74, 6) is 1.67. The second-order valence-electron chi connectivity index (χ2n) is 11.9. The molecule has 3 saturated heterocycles. The lowest BCUT2D eigenvalue weighted by Gasteiger charge is -2.42. The van der Waals surface area contributed by atoms with Crippen LogP contribution in [-0.4, -0.2) is 84.9 Å². The normalized spacial score (nSPS) is 31.4. The number of ether oxygens (including phenoxy) is 4. The van der Waals surface area contributed by atoms with Gasteiger partial charge in [-0.25, -0.2) is 4.98 Å². The van der Waals surface area contributed by atoms with E-state index in [0.717, 1.165) is 30.4 Å². The number of allylic oxidation sites excluding steroid dienone is 3. The molecular weight excluding hydrogens is 522 g/mol. The monoisotopic (exact) mass is 561 g/mol. The van der Waals surface area contributed by atoms with Gasteiger partial charge in [0.2, 0.25) is 0 Å². The van der Waals surface area contributed by atoms with Crippen LogP contribution in [0.5, 0.6) is 0 Å². The predicted molar refractivity (Wildman–Crippen MR) is 147 cm³/mol. The van der Waals surface area contributed by atoms with Crippen LogP contribution in [-0.2, 0) is 23.7 Å². The molecule has 0 bridgehead atoms. The molecule has 1 aliphatic carbocycles. The number of aromatic nitrogens is 1. The van der Waals surface area contributed by atoms with Gasteiger partial charge in [-0.2, -0.15) is 0 Å². The zero-order valence-electron chi connectivity index (χ0n) is 23.6. The quantitative estimate of drug-likeness (QED) is 0.539. The number of hydrogen-bond acceptors (Lipinski definition) is 8. The topological polar surface area (TPSA) is 93.6 Å². The van der Waals surface area contributed by atoms with Gasteiger partial charge in [-0.05, 0) is 57.7 Å². The number of anilines is 1. The van der Waals surface area contributed by atoms with Gasteiger partial charge < -0.3 is 33.9 Å². The Morgan fingerprint density at radius 3 is 2.62 bits per heavy atom. The molecule has 214 valence electrons. The molecule has 4 heterocycles. The summed E-state index contributed by atoms with van der Waals surface area (Å²) >= 11 is 6.13. The number of aliphatic hydroxyl groups is 1. The number of rotatable bonds is 7. The summed E-state index contributed by atoms with van der Waals surface area (Å²) in [6.07, 6.45) is 3.53. The number of carbonyl (C=O) groups excluding carboxylic acids is 1. The van der Waals surface area contributed by atoms with Crippen molar-refractivity contribution in [1.29, 1.82) is 0 Å². The number of aliphatic hydroxyl groups excluding tert-OH is 1. The third kappa shape index (κ3) is 5.51. The molecule has 5 atom stereocenters. The van der Waals surface area contributed by atoms with Gasteiger partial charge in [-0.15, -0.1) is 0 Å². The third-order valence-electron chi connectivity index (χ3n) is 8.76. The van der Waals surface area contributed by atoms with E-state index in [-0.39, 0.29) is 30.5 Å². The van der Waals surface area contributed by atoms with E-state index in [2.05, 4.69) is 22.9 Å². The summed E-state index contributed by atoms with van der Waals surface area (Å²) in [6.45, 7) is 12.1. The Morgan fingerprint density at radius 1 is 1.26 bits per heavy atom. The van der Waals surface area contributed by atoms with Gasteiger partial charge in [-0.3, -0.25) is 4.79 Å². The average Bonchev–Trinajstić information content (AvgIpc) is 3.42. The summed E-state index contributed by atoms with van der Waals surface area (Å²) in [5, 5.41) is 11.5. The molecule has 1 amide bonds. The van der Waals surface area contributed by atoms with Crippen molar-refractivity contribution in [3.8, 4) is 0 Å². The molecule has 0 saturated carbocycles. The van der Waals surface area contributed by atoms with Crippen molar-refractivity contribution in [2.45, 2.75) is 65.1 Å². The van der Waals surface area contributed by atoms with E-state index in [4.69, 9.17) is 30.5 Å². The number of aryl methyl sites for hydroxylation is 1. The minimum atomic E-state index is -0.772. The van der Waals surface area contributed by atoms with Crippen molar-refractivity contribution < 1.29 is 28.8 Å². The molecule has 4 aliphatic rings. The highest BCUT2D eigenvalue weighted by Gasteiger charge is 2.52. The van der Waals surface area contributed by atoms with Gasteiger partial charge >= 0.3 is 0 Å². The van der Waals surface area contributed by atoms with Crippen LogP contribution in [0, 0.1) is 24.2 Å². The van der Waals surface area contributed by atoms with E-state index in [1.165, 1.54) is 0 Å². The number of hydrogen-bond donors (Lipinski definition) is 1. The number of halogens is 1. The smallest absolute Gasteiger partial charge is 0.254 e. The van der Waals surface area contributed by atoms with Crippen LogP contribution >= 0.6 is 11.6 Å². The molecule has 5 rings (SSSR count). The van der Waals surface area contributed by atoms with Crippen molar-refractivity contribution in [2.75, 3.05) is 44.8 Å². The Bertz CT molecular complexity index is 1160. The Morgan fingerprint density at radius 2 is 2.00 bits per heavy atom. The van der Waals surface area contributed by atoms with Crippen molar-refractivity contribution >= 4 is 23.3 Å². The number of carbonyl (C=O) groups is 1. The molecule has 10 heteroatoms. The van der Waals surface area contributed by atoms with Crippen molar-refractivity contribution in [3.05, 3.63) is 46.5 Å². The molecule has 39 heavy (non-hydrogen) atoms. The number of nitrogens with zero attached hydrogens (tertiary/aromatic N) is 3. The minimum Gasteiger partial charge on any atom is -0.493 e. The first kappa shape index (κ1) is 28.2. The Hall–Kier alpha value is -2.33. The maximum absolute atomic E-state index is 13.4. The first-order chi connectivity index (χ1) is 18.4. The van der Waals surface area contributed by atoms with Crippen LogP contribution in [0.4, 0.5) is 5.82 Å². The number of amides is 1. The SMILES string of the molecule is COC1=C(OC2CN(c3ccc(Cl)c(C)n3)C2)CC([C@@H]2CN(C(=O)[C@@H]3COC(C)(C)O3)C[C@@]2(C)[C@@H](C)O)C=C1. The van der Waals surface area contributed by atoms with E-state index < -0.39 is 23.4 Å². The van der Waals surface area contributed by atoms with Gasteiger partial charge in [0.25, 0.3) is 5.91 Å². The van der Waals surface area contributed by atoms with Gasteiger partial charge in [0.05, 0.1) is 43.6 Å². The third-order valence-corrected chi connectivity index (χ3v) is 9.16. The summed E-state index contributed by atoms with van der Waals surface area (Å²) in [4.78, 5) is 21.9. The fourth-order valence-corrected chi connectivity index (χ4v) is 6.25.